The van der Waals surface area contributed by atoms with E-state index in [1.165, 1.54) is 16.7 Å². The maximum absolute atomic E-state index is 5.80. The number of hydrogen-bond acceptors (Lipinski definition) is 1. The van der Waals surface area contributed by atoms with Gasteiger partial charge in [-0.2, -0.15) is 0 Å². The fourth-order valence-corrected chi connectivity index (χ4v) is 2.38. The first kappa shape index (κ1) is 14.2. The van der Waals surface area contributed by atoms with Gasteiger partial charge in [0.1, 0.15) is 12.4 Å². The number of benzene rings is 3. The van der Waals surface area contributed by atoms with Crippen LogP contribution in [-0.2, 0) is 0 Å². The van der Waals surface area contributed by atoms with Crippen molar-refractivity contribution in [2.24, 2.45) is 0 Å². The highest BCUT2D eigenvalue weighted by atomic mass is 16.5. The lowest BCUT2D eigenvalue weighted by molar-refractivity contribution is 0.363. The van der Waals surface area contributed by atoms with Crippen LogP contribution in [0.4, 0.5) is 0 Å². The maximum Gasteiger partial charge on any atom is 0.119 e. The van der Waals surface area contributed by atoms with E-state index in [-0.39, 0.29) is 0 Å². The molecule has 0 bridgehead atoms. The van der Waals surface area contributed by atoms with Crippen molar-refractivity contribution in [1.82, 2.24) is 0 Å². The first-order valence-corrected chi connectivity index (χ1v) is 7.42. The van der Waals surface area contributed by atoms with Crippen LogP contribution in [0.15, 0.2) is 97.1 Å². The van der Waals surface area contributed by atoms with E-state index < -0.39 is 0 Å². The molecule has 0 aliphatic heterocycles. The second-order valence-corrected chi connectivity index (χ2v) is 4.97. The van der Waals surface area contributed by atoms with Crippen LogP contribution in [0, 0.1) is 0 Å². The van der Waals surface area contributed by atoms with Gasteiger partial charge in [-0.25, -0.2) is 0 Å². The maximum atomic E-state index is 5.80. The number of hydrogen-bond donors (Lipinski definition) is 0. The molecular formula is C21H18O. The molecule has 0 amide bonds. The van der Waals surface area contributed by atoms with Crippen LogP contribution in [0.3, 0.4) is 0 Å². The summed E-state index contributed by atoms with van der Waals surface area (Å²) in [6.45, 7) is 0.545. The van der Waals surface area contributed by atoms with Crippen molar-refractivity contribution in [2.45, 2.75) is 0 Å². The number of rotatable bonds is 5. The second kappa shape index (κ2) is 7.28. The molecule has 0 heterocycles. The van der Waals surface area contributed by atoms with Crippen LogP contribution in [0.5, 0.6) is 5.75 Å². The molecule has 1 nitrogen and oxygen atoms in total. The topological polar surface area (TPSA) is 9.23 Å². The standard InChI is InChI=1S/C21H18O/c1-4-10-18(11-5-1)21(19-12-6-2-7-13-19)16-17-22-20-14-8-3-9-15-20/h1-16H,17H2. The van der Waals surface area contributed by atoms with Crippen molar-refractivity contribution < 1.29 is 4.74 Å². The highest BCUT2D eigenvalue weighted by Gasteiger charge is 2.03. The van der Waals surface area contributed by atoms with Gasteiger partial charge in [-0.3, -0.25) is 0 Å². The van der Waals surface area contributed by atoms with E-state index in [2.05, 4.69) is 54.6 Å². The lowest BCUT2D eigenvalue weighted by Crippen LogP contribution is -1.96. The van der Waals surface area contributed by atoms with Gasteiger partial charge in [0.05, 0.1) is 0 Å². The molecule has 3 rings (SSSR count). The normalized spacial score (nSPS) is 10.0. The minimum absolute atomic E-state index is 0.545. The Morgan fingerprint density at radius 1 is 0.636 bits per heavy atom. The summed E-state index contributed by atoms with van der Waals surface area (Å²) in [5.74, 6) is 0.888. The van der Waals surface area contributed by atoms with Crippen LogP contribution in [-0.4, -0.2) is 6.61 Å². The third-order valence-corrected chi connectivity index (χ3v) is 3.45. The average Bonchev–Trinajstić information content (AvgIpc) is 2.61. The Morgan fingerprint density at radius 3 is 1.59 bits per heavy atom. The Hall–Kier alpha value is -2.80. The van der Waals surface area contributed by atoms with Crippen molar-refractivity contribution in [2.75, 3.05) is 6.61 Å². The number of para-hydroxylation sites is 1. The Kier molecular flexibility index (Phi) is 4.68. The second-order valence-electron chi connectivity index (χ2n) is 4.97. The molecule has 3 aromatic rings. The summed E-state index contributed by atoms with van der Waals surface area (Å²) in [5, 5.41) is 0. The van der Waals surface area contributed by atoms with Crippen molar-refractivity contribution in [1.29, 1.82) is 0 Å². The van der Waals surface area contributed by atoms with E-state index in [1.807, 2.05) is 42.5 Å². The van der Waals surface area contributed by atoms with Crippen LogP contribution >= 0.6 is 0 Å². The predicted molar refractivity (Wildman–Crippen MR) is 91.9 cm³/mol. The lowest BCUT2D eigenvalue weighted by atomic mass is 9.98. The van der Waals surface area contributed by atoms with Crippen LogP contribution in [0.25, 0.3) is 5.57 Å². The molecule has 108 valence electrons. The Bertz CT molecular complexity index is 674. The summed E-state index contributed by atoms with van der Waals surface area (Å²) in [6, 6.07) is 30.7. The van der Waals surface area contributed by atoms with Gasteiger partial charge in [-0.15, -0.1) is 0 Å². The van der Waals surface area contributed by atoms with Crippen molar-refractivity contribution in [3.8, 4) is 5.75 Å². The average molecular weight is 286 g/mol. The lowest BCUT2D eigenvalue weighted by Gasteiger charge is -2.09. The van der Waals surface area contributed by atoms with Crippen LogP contribution in [0.1, 0.15) is 11.1 Å². The van der Waals surface area contributed by atoms with E-state index in [1.54, 1.807) is 0 Å². The molecule has 1 heteroatoms. The molecule has 0 aromatic heterocycles. The minimum Gasteiger partial charge on any atom is -0.490 e. The van der Waals surface area contributed by atoms with Gasteiger partial charge < -0.3 is 4.74 Å². The molecule has 0 radical (unpaired) electrons. The molecule has 0 spiro atoms. The third-order valence-electron chi connectivity index (χ3n) is 3.45. The SMILES string of the molecule is C(COc1ccccc1)=C(c1ccccc1)c1ccccc1. The summed E-state index contributed by atoms with van der Waals surface area (Å²) in [6.07, 6.45) is 2.14. The van der Waals surface area contributed by atoms with E-state index >= 15 is 0 Å². The highest BCUT2D eigenvalue weighted by Crippen LogP contribution is 2.23. The van der Waals surface area contributed by atoms with Crippen LogP contribution < -0.4 is 4.74 Å². The molecule has 0 aliphatic rings. The predicted octanol–water partition coefficient (Wildman–Crippen LogP) is 5.20. The highest BCUT2D eigenvalue weighted by molar-refractivity contribution is 5.79. The smallest absolute Gasteiger partial charge is 0.119 e. The molecule has 0 N–H and O–H groups in total. The molecular weight excluding hydrogens is 268 g/mol. The molecule has 0 atom stereocenters. The van der Waals surface area contributed by atoms with Crippen LogP contribution in [0.2, 0.25) is 0 Å². The van der Waals surface area contributed by atoms with E-state index in [0.29, 0.717) is 6.61 Å². The first-order valence-electron chi connectivity index (χ1n) is 7.42. The minimum atomic E-state index is 0.545. The first-order chi connectivity index (χ1) is 10.9. The summed E-state index contributed by atoms with van der Waals surface area (Å²) < 4.78 is 5.80. The zero-order valence-corrected chi connectivity index (χ0v) is 12.4. The van der Waals surface area contributed by atoms with Gasteiger partial charge in [0.25, 0.3) is 0 Å². The molecule has 3 aromatic carbocycles. The molecule has 0 saturated heterocycles. The van der Waals surface area contributed by atoms with Gasteiger partial charge in [-0.05, 0) is 34.9 Å². The van der Waals surface area contributed by atoms with E-state index in [0.717, 1.165) is 5.75 Å². The molecule has 0 aliphatic carbocycles. The Balaban J connectivity index is 1.84. The summed E-state index contributed by atoms with van der Waals surface area (Å²) in [4.78, 5) is 0. The molecule has 0 saturated carbocycles. The van der Waals surface area contributed by atoms with Gasteiger partial charge >= 0.3 is 0 Å². The summed E-state index contributed by atoms with van der Waals surface area (Å²) >= 11 is 0. The molecule has 0 unspecified atom stereocenters. The largest absolute Gasteiger partial charge is 0.490 e. The van der Waals surface area contributed by atoms with Crippen molar-refractivity contribution in [3.05, 3.63) is 108 Å². The van der Waals surface area contributed by atoms with Gasteiger partial charge in [0.15, 0.2) is 0 Å². The third kappa shape index (κ3) is 3.64. The van der Waals surface area contributed by atoms with E-state index in [4.69, 9.17) is 4.74 Å². The Labute approximate surface area is 131 Å². The summed E-state index contributed by atoms with van der Waals surface area (Å²) in [5.41, 5.74) is 3.59. The zero-order valence-electron chi connectivity index (χ0n) is 12.4. The monoisotopic (exact) mass is 286 g/mol. The quantitative estimate of drug-likeness (QED) is 0.626. The summed E-state index contributed by atoms with van der Waals surface area (Å²) in [7, 11) is 0. The van der Waals surface area contributed by atoms with Gasteiger partial charge in [0.2, 0.25) is 0 Å². The van der Waals surface area contributed by atoms with Gasteiger partial charge in [0, 0.05) is 0 Å². The van der Waals surface area contributed by atoms with Gasteiger partial charge in [-0.1, -0.05) is 78.9 Å². The zero-order chi connectivity index (χ0) is 15.0. The molecule has 0 fully saturated rings. The Morgan fingerprint density at radius 2 is 1.09 bits per heavy atom. The van der Waals surface area contributed by atoms with Crippen molar-refractivity contribution in [3.63, 3.8) is 0 Å². The number of ether oxygens (including phenoxy) is 1. The fraction of sp³-hybridized carbons (Fsp3) is 0.0476. The fourth-order valence-electron chi connectivity index (χ4n) is 2.38. The molecule has 22 heavy (non-hydrogen) atoms. The van der Waals surface area contributed by atoms with E-state index in [9.17, 15) is 0 Å². The van der Waals surface area contributed by atoms with Crippen molar-refractivity contribution >= 4 is 5.57 Å².